The fourth-order valence-corrected chi connectivity index (χ4v) is 5.47. The first kappa shape index (κ1) is 20.0. The van der Waals surface area contributed by atoms with Gasteiger partial charge in [0.25, 0.3) is 0 Å². The molecule has 6 nitrogen and oxygen atoms in total. The average Bonchev–Trinajstić information content (AvgIpc) is 3.51. The highest BCUT2D eigenvalue weighted by Crippen LogP contribution is 2.33. The summed E-state index contributed by atoms with van der Waals surface area (Å²) in [6.45, 7) is 0.627. The fourth-order valence-electron chi connectivity index (χ4n) is 4.36. The average molecular weight is 473 g/mol. The zero-order chi connectivity index (χ0) is 22.5. The van der Waals surface area contributed by atoms with Crippen LogP contribution in [0.5, 0.6) is 0 Å². The number of hydrogen-bond acceptors (Lipinski definition) is 4. The number of benzene rings is 3. The van der Waals surface area contributed by atoms with Gasteiger partial charge in [-0.15, -0.1) is 11.3 Å². The molecular weight excluding hydrogens is 456 g/mol. The maximum Gasteiger partial charge on any atom is 0.307 e. The molecular formula is C25H17ClN4O2S. The van der Waals surface area contributed by atoms with Crippen molar-refractivity contribution >= 4 is 60.9 Å². The van der Waals surface area contributed by atoms with Crippen LogP contribution in [0.15, 0.2) is 66.2 Å². The summed E-state index contributed by atoms with van der Waals surface area (Å²) in [5.74, 6) is -0.845. The Labute approximate surface area is 197 Å². The third-order valence-corrected chi connectivity index (χ3v) is 7.16. The van der Waals surface area contributed by atoms with Crippen molar-refractivity contribution in [1.29, 1.82) is 0 Å². The van der Waals surface area contributed by atoms with Crippen LogP contribution >= 0.6 is 22.9 Å². The first-order chi connectivity index (χ1) is 16.0. The molecule has 3 heterocycles. The minimum atomic E-state index is -0.845. The third kappa shape index (κ3) is 3.55. The number of nitrogens with one attached hydrogen (secondary N) is 1. The summed E-state index contributed by atoms with van der Waals surface area (Å²) in [6, 6.07) is 18.0. The van der Waals surface area contributed by atoms with E-state index in [9.17, 15) is 9.90 Å². The van der Waals surface area contributed by atoms with Crippen molar-refractivity contribution in [2.24, 2.45) is 0 Å². The zero-order valence-electron chi connectivity index (χ0n) is 17.2. The maximum absolute atomic E-state index is 11.5. The molecule has 0 radical (unpaired) electrons. The van der Waals surface area contributed by atoms with Gasteiger partial charge in [-0.25, -0.2) is 0 Å². The lowest BCUT2D eigenvalue weighted by atomic mass is 10.0. The first-order valence-corrected chi connectivity index (χ1v) is 11.6. The molecule has 0 bridgehead atoms. The number of carbonyl (C=O) groups is 1. The summed E-state index contributed by atoms with van der Waals surface area (Å²) in [5.41, 5.74) is 6.63. The summed E-state index contributed by atoms with van der Waals surface area (Å²) in [5, 5.41) is 25.3. The lowest BCUT2D eigenvalue weighted by Gasteiger charge is -2.08. The summed E-state index contributed by atoms with van der Waals surface area (Å²) in [4.78, 5) is 11.5. The van der Waals surface area contributed by atoms with E-state index < -0.39 is 5.97 Å². The van der Waals surface area contributed by atoms with Crippen LogP contribution in [0.3, 0.4) is 0 Å². The largest absolute Gasteiger partial charge is 0.481 e. The Balaban J connectivity index is 1.49. The zero-order valence-corrected chi connectivity index (χ0v) is 18.8. The number of hydrogen-bond donors (Lipinski definition) is 2. The first-order valence-electron chi connectivity index (χ1n) is 10.4. The third-order valence-electron chi connectivity index (χ3n) is 5.91. The molecule has 0 atom stereocenters. The van der Waals surface area contributed by atoms with Crippen LogP contribution in [-0.2, 0) is 17.8 Å². The van der Waals surface area contributed by atoms with Gasteiger partial charge in [-0.05, 0) is 69.4 Å². The van der Waals surface area contributed by atoms with Gasteiger partial charge in [-0.3, -0.25) is 4.79 Å². The van der Waals surface area contributed by atoms with Gasteiger partial charge in [0.1, 0.15) is 11.0 Å². The molecule has 3 aromatic heterocycles. The molecule has 0 aliphatic rings. The molecule has 0 aliphatic heterocycles. The Bertz CT molecular complexity index is 1680. The van der Waals surface area contributed by atoms with Crippen molar-refractivity contribution in [2.75, 3.05) is 0 Å². The number of aromatic amines is 1. The lowest BCUT2D eigenvalue weighted by molar-refractivity contribution is -0.136. The van der Waals surface area contributed by atoms with Crippen molar-refractivity contribution in [3.63, 3.8) is 0 Å². The van der Waals surface area contributed by atoms with Crippen LogP contribution < -0.4 is 0 Å². The molecule has 0 saturated heterocycles. The topological polar surface area (TPSA) is 83.8 Å². The van der Waals surface area contributed by atoms with Crippen molar-refractivity contribution in [1.82, 2.24) is 20.0 Å². The molecule has 0 amide bonds. The van der Waals surface area contributed by atoms with E-state index in [2.05, 4.69) is 31.4 Å². The number of carboxylic acids is 1. The number of rotatable bonds is 5. The van der Waals surface area contributed by atoms with E-state index in [1.54, 1.807) is 11.3 Å². The Morgan fingerprint density at radius 1 is 0.970 bits per heavy atom. The predicted molar refractivity (Wildman–Crippen MR) is 132 cm³/mol. The van der Waals surface area contributed by atoms with Crippen LogP contribution in [0.25, 0.3) is 43.1 Å². The summed E-state index contributed by atoms with van der Waals surface area (Å²) >= 11 is 7.93. The summed E-state index contributed by atoms with van der Waals surface area (Å²) in [7, 11) is 0. The standard InChI is InChI=1S/C25H17ClN4O2S/c26-18-3-6-24-20(10-18)17(13-33-24)12-30-11-16(9-25(31)32)19-4-1-15(8-23(19)30)14-2-5-21-22(7-14)28-29-27-21/h1-8,10-11,13H,9,12H2,(H,31,32)(H,27,28,29). The Morgan fingerprint density at radius 2 is 1.79 bits per heavy atom. The molecule has 6 rings (SSSR count). The number of thiophene rings is 1. The monoisotopic (exact) mass is 472 g/mol. The van der Waals surface area contributed by atoms with Crippen LogP contribution in [0.1, 0.15) is 11.1 Å². The Kier molecular flexibility index (Phi) is 4.67. The molecule has 0 aliphatic carbocycles. The van der Waals surface area contributed by atoms with E-state index in [1.165, 1.54) is 4.70 Å². The molecule has 2 N–H and O–H groups in total. The molecule has 3 aromatic carbocycles. The summed E-state index contributed by atoms with van der Waals surface area (Å²) < 4.78 is 3.31. The number of fused-ring (bicyclic) bond motifs is 3. The van der Waals surface area contributed by atoms with Gasteiger partial charge in [0.05, 0.1) is 6.42 Å². The number of nitrogens with zero attached hydrogens (tertiary/aromatic N) is 3. The van der Waals surface area contributed by atoms with Crippen molar-refractivity contribution < 1.29 is 9.90 Å². The Hall–Kier alpha value is -3.68. The van der Waals surface area contributed by atoms with Crippen molar-refractivity contribution in [3.8, 4) is 11.1 Å². The van der Waals surface area contributed by atoms with E-state index in [0.29, 0.717) is 11.6 Å². The van der Waals surface area contributed by atoms with Crippen LogP contribution in [0.2, 0.25) is 5.02 Å². The quantitative estimate of drug-likeness (QED) is 0.316. The number of aromatic nitrogens is 4. The summed E-state index contributed by atoms with van der Waals surface area (Å²) in [6.07, 6.45) is 1.93. The van der Waals surface area contributed by atoms with Gasteiger partial charge in [0.2, 0.25) is 0 Å². The predicted octanol–water partition coefficient (Wildman–Crippen LogP) is 6.12. The second kappa shape index (κ2) is 7.72. The second-order valence-electron chi connectivity index (χ2n) is 8.01. The van der Waals surface area contributed by atoms with E-state index in [1.807, 2.05) is 54.7 Å². The van der Waals surface area contributed by atoms with E-state index in [0.717, 1.165) is 49.6 Å². The number of halogens is 1. The molecule has 33 heavy (non-hydrogen) atoms. The molecule has 0 spiro atoms. The maximum atomic E-state index is 11.5. The lowest BCUT2D eigenvalue weighted by Crippen LogP contribution is -2.00. The minimum Gasteiger partial charge on any atom is -0.481 e. The van der Waals surface area contributed by atoms with Crippen LogP contribution in [0.4, 0.5) is 0 Å². The number of H-pyrrole nitrogens is 1. The van der Waals surface area contributed by atoms with Crippen molar-refractivity contribution in [3.05, 3.63) is 82.3 Å². The van der Waals surface area contributed by atoms with Gasteiger partial charge < -0.3 is 9.67 Å². The molecule has 8 heteroatoms. The minimum absolute atomic E-state index is 0.0239. The van der Waals surface area contributed by atoms with E-state index >= 15 is 0 Å². The molecule has 6 aromatic rings. The molecule has 162 valence electrons. The molecule has 0 fully saturated rings. The van der Waals surface area contributed by atoms with Crippen LogP contribution in [-0.4, -0.2) is 31.1 Å². The van der Waals surface area contributed by atoms with Gasteiger partial charge in [0, 0.05) is 33.4 Å². The second-order valence-corrected chi connectivity index (χ2v) is 9.36. The van der Waals surface area contributed by atoms with Gasteiger partial charge in [-0.1, -0.05) is 29.8 Å². The number of carboxylic acid groups (broad SMARTS) is 1. The normalized spacial score (nSPS) is 11.7. The van der Waals surface area contributed by atoms with Gasteiger partial charge in [-0.2, -0.15) is 15.4 Å². The van der Waals surface area contributed by atoms with Gasteiger partial charge in [0.15, 0.2) is 0 Å². The Morgan fingerprint density at radius 3 is 2.67 bits per heavy atom. The highest BCUT2D eigenvalue weighted by Gasteiger charge is 2.15. The van der Waals surface area contributed by atoms with E-state index in [-0.39, 0.29) is 6.42 Å². The SMILES string of the molecule is O=C(O)Cc1cn(Cc2csc3ccc(Cl)cc23)c2cc(-c3ccc4n[nH]nc4c3)ccc12. The highest BCUT2D eigenvalue weighted by atomic mass is 35.5. The smallest absolute Gasteiger partial charge is 0.307 e. The van der Waals surface area contributed by atoms with E-state index in [4.69, 9.17) is 11.6 Å². The van der Waals surface area contributed by atoms with Gasteiger partial charge >= 0.3 is 5.97 Å². The highest BCUT2D eigenvalue weighted by molar-refractivity contribution is 7.17. The molecule has 0 unspecified atom stereocenters. The van der Waals surface area contributed by atoms with Crippen molar-refractivity contribution in [2.45, 2.75) is 13.0 Å². The fraction of sp³-hybridized carbons (Fsp3) is 0.0800. The molecule has 0 saturated carbocycles. The van der Waals surface area contributed by atoms with Crippen LogP contribution in [0, 0.1) is 0 Å². The number of aliphatic carboxylic acids is 1.